The van der Waals surface area contributed by atoms with E-state index >= 15 is 13.2 Å². The van der Waals surface area contributed by atoms with E-state index in [1.807, 2.05) is 103 Å². The second-order valence-corrected chi connectivity index (χ2v) is 12.4. The first-order valence-corrected chi connectivity index (χ1v) is 14.5. The summed E-state index contributed by atoms with van der Waals surface area (Å²) in [6.45, 7) is 7.68. The molecule has 0 fully saturated rings. The van der Waals surface area contributed by atoms with E-state index in [-0.39, 0.29) is 6.42 Å². The molecule has 0 spiro atoms. The minimum absolute atomic E-state index is 0.188. The lowest BCUT2D eigenvalue weighted by Crippen LogP contribution is -2.47. The molecule has 5 aromatic rings. The number of hydrogen-bond donors (Lipinski definition) is 0. The fourth-order valence-electron chi connectivity index (χ4n) is 7.07. The lowest BCUT2D eigenvalue weighted by Gasteiger charge is -2.44. The van der Waals surface area contributed by atoms with E-state index in [1.165, 1.54) is 6.92 Å². The molecule has 1 aliphatic carbocycles. The normalized spacial score (nSPS) is 15.5. The van der Waals surface area contributed by atoms with Crippen LogP contribution in [0.3, 0.4) is 0 Å². The molecule has 0 N–H and O–H groups in total. The molecule has 0 aromatic heterocycles. The number of halogens is 3. The maximum absolute atomic E-state index is 15.7. The Morgan fingerprint density at radius 2 is 0.976 bits per heavy atom. The molecule has 0 bridgehead atoms. The highest BCUT2D eigenvalue weighted by atomic mass is 19.4. The highest BCUT2D eigenvalue weighted by Crippen LogP contribution is 2.56. The second kappa shape index (κ2) is 10.0. The molecule has 1 unspecified atom stereocenters. The van der Waals surface area contributed by atoms with Crippen molar-refractivity contribution in [1.29, 1.82) is 0 Å². The Labute approximate surface area is 246 Å². The van der Waals surface area contributed by atoms with E-state index in [2.05, 4.69) is 39.0 Å². The van der Waals surface area contributed by atoms with E-state index < -0.39 is 22.4 Å². The Morgan fingerprint density at radius 3 is 1.43 bits per heavy atom. The molecule has 42 heavy (non-hydrogen) atoms. The zero-order valence-corrected chi connectivity index (χ0v) is 24.5. The van der Waals surface area contributed by atoms with Gasteiger partial charge < -0.3 is 0 Å². The van der Waals surface area contributed by atoms with Crippen LogP contribution in [0.2, 0.25) is 0 Å². The highest BCUT2D eigenvalue weighted by Gasteiger charge is 2.57. The smallest absolute Gasteiger partial charge is 0.170 e. The van der Waals surface area contributed by atoms with E-state index in [0.29, 0.717) is 5.56 Å². The fraction of sp³-hybridized carbons (Fsp3) is 0.231. The van der Waals surface area contributed by atoms with E-state index in [0.717, 1.165) is 44.5 Å². The van der Waals surface area contributed by atoms with Crippen molar-refractivity contribution in [2.75, 3.05) is 0 Å². The van der Waals surface area contributed by atoms with Crippen molar-refractivity contribution in [3.8, 4) is 11.1 Å². The molecule has 0 saturated heterocycles. The van der Waals surface area contributed by atoms with Gasteiger partial charge in [-0.1, -0.05) is 147 Å². The van der Waals surface area contributed by atoms with Crippen molar-refractivity contribution >= 4 is 0 Å². The van der Waals surface area contributed by atoms with Gasteiger partial charge in [0.15, 0.2) is 0 Å². The maximum Gasteiger partial charge on any atom is 0.398 e. The summed E-state index contributed by atoms with van der Waals surface area (Å²) in [5.74, 6) is 0. The zero-order chi connectivity index (χ0) is 29.8. The van der Waals surface area contributed by atoms with Crippen LogP contribution in [0.15, 0.2) is 127 Å². The number of fused-ring (bicyclic) bond motifs is 3. The summed E-state index contributed by atoms with van der Waals surface area (Å²) in [4.78, 5) is 0. The SMILES string of the molecule is Cc1ccc2c(c1)C(C)(C)c1cc(C(C)(CC(c3ccccc3)(c3ccccc3)c3ccccc3)C(F)(F)F)ccc1-2. The number of rotatable bonds is 6. The molecule has 0 radical (unpaired) electrons. The number of benzene rings is 5. The van der Waals surface area contributed by atoms with Gasteiger partial charge in [0.2, 0.25) is 0 Å². The lowest BCUT2D eigenvalue weighted by molar-refractivity contribution is -0.190. The third kappa shape index (κ3) is 4.29. The van der Waals surface area contributed by atoms with Gasteiger partial charge in [-0.05, 0) is 64.8 Å². The van der Waals surface area contributed by atoms with Gasteiger partial charge in [-0.25, -0.2) is 0 Å². The van der Waals surface area contributed by atoms with Crippen LogP contribution in [0.25, 0.3) is 11.1 Å². The number of aryl methyl sites for hydroxylation is 1. The summed E-state index contributed by atoms with van der Waals surface area (Å²) in [5, 5.41) is 0. The second-order valence-electron chi connectivity index (χ2n) is 12.4. The molecular weight excluding hydrogens is 525 g/mol. The molecule has 0 heterocycles. The topological polar surface area (TPSA) is 0 Å². The van der Waals surface area contributed by atoms with Crippen molar-refractivity contribution in [3.63, 3.8) is 0 Å². The van der Waals surface area contributed by atoms with Crippen molar-refractivity contribution < 1.29 is 13.2 Å². The Balaban J connectivity index is 1.61. The summed E-state index contributed by atoms with van der Waals surface area (Å²) >= 11 is 0. The summed E-state index contributed by atoms with van der Waals surface area (Å²) < 4.78 is 47.2. The maximum atomic E-state index is 15.7. The summed E-state index contributed by atoms with van der Waals surface area (Å²) in [5.41, 5.74) is 4.55. The average Bonchev–Trinajstić information content (AvgIpc) is 3.22. The van der Waals surface area contributed by atoms with Crippen LogP contribution >= 0.6 is 0 Å². The van der Waals surface area contributed by atoms with Crippen molar-refractivity contribution in [2.45, 2.75) is 56.5 Å². The van der Waals surface area contributed by atoms with Gasteiger partial charge in [-0.2, -0.15) is 13.2 Å². The van der Waals surface area contributed by atoms with Gasteiger partial charge in [0.1, 0.15) is 0 Å². The zero-order valence-electron chi connectivity index (χ0n) is 24.5. The molecule has 3 heteroatoms. The van der Waals surface area contributed by atoms with Crippen LogP contribution in [0.4, 0.5) is 13.2 Å². The van der Waals surface area contributed by atoms with Crippen LogP contribution in [-0.2, 0) is 16.2 Å². The molecular formula is C39H35F3. The molecule has 212 valence electrons. The highest BCUT2D eigenvalue weighted by molar-refractivity contribution is 5.81. The van der Waals surface area contributed by atoms with Gasteiger partial charge in [-0.3, -0.25) is 0 Å². The number of hydrogen-bond acceptors (Lipinski definition) is 0. The first-order chi connectivity index (χ1) is 20.0. The van der Waals surface area contributed by atoms with Crippen LogP contribution in [-0.4, -0.2) is 6.18 Å². The molecule has 0 nitrogen and oxygen atoms in total. The Bertz CT molecular complexity index is 1620. The molecule has 5 aromatic carbocycles. The predicted molar refractivity (Wildman–Crippen MR) is 166 cm³/mol. The molecule has 1 atom stereocenters. The number of alkyl halides is 3. The van der Waals surface area contributed by atoms with Gasteiger partial charge in [-0.15, -0.1) is 0 Å². The minimum atomic E-state index is -4.52. The minimum Gasteiger partial charge on any atom is -0.170 e. The standard InChI is InChI=1S/C39H35F3/c1-27-20-22-32-33-23-21-31(25-35(33)36(2,3)34(32)24-27)37(4,39(40,41)42)26-38(28-14-8-5-9-15-28,29-16-10-6-11-17-29)30-18-12-7-13-19-30/h5-25H,26H2,1-4H3. The van der Waals surface area contributed by atoms with E-state index in [1.54, 1.807) is 6.07 Å². The first kappa shape index (κ1) is 28.0. The molecule has 1 aliphatic rings. The summed E-state index contributed by atoms with van der Waals surface area (Å²) in [6.07, 6.45) is -4.70. The van der Waals surface area contributed by atoms with Crippen LogP contribution in [0.1, 0.15) is 66.1 Å². The van der Waals surface area contributed by atoms with Crippen LogP contribution < -0.4 is 0 Å². The Hall–Kier alpha value is -4.11. The fourth-order valence-corrected chi connectivity index (χ4v) is 7.07. The van der Waals surface area contributed by atoms with Gasteiger partial charge >= 0.3 is 6.18 Å². The summed E-state index contributed by atoms with van der Waals surface area (Å²) in [6, 6.07) is 40.8. The summed E-state index contributed by atoms with van der Waals surface area (Å²) in [7, 11) is 0. The third-order valence-corrected chi connectivity index (χ3v) is 9.51. The Kier molecular flexibility index (Phi) is 6.68. The molecule has 0 amide bonds. The monoisotopic (exact) mass is 560 g/mol. The largest absolute Gasteiger partial charge is 0.398 e. The Morgan fingerprint density at radius 1 is 0.548 bits per heavy atom. The van der Waals surface area contributed by atoms with Gasteiger partial charge in [0.25, 0.3) is 0 Å². The van der Waals surface area contributed by atoms with Gasteiger partial charge in [0.05, 0.1) is 5.41 Å². The quantitative estimate of drug-likeness (QED) is 0.181. The first-order valence-electron chi connectivity index (χ1n) is 14.5. The van der Waals surface area contributed by atoms with E-state index in [4.69, 9.17) is 0 Å². The van der Waals surface area contributed by atoms with Crippen LogP contribution in [0, 0.1) is 6.92 Å². The predicted octanol–water partition coefficient (Wildman–Crippen LogP) is 10.5. The van der Waals surface area contributed by atoms with Gasteiger partial charge in [0, 0.05) is 10.8 Å². The molecule has 0 saturated carbocycles. The molecule has 0 aliphatic heterocycles. The third-order valence-electron chi connectivity index (χ3n) is 9.51. The molecule has 6 rings (SSSR count). The van der Waals surface area contributed by atoms with Crippen molar-refractivity contribution in [2.24, 2.45) is 0 Å². The van der Waals surface area contributed by atoms with Crippen molar-refractivity contribution in [3.05, 3.63) is 166 Å². The average molecular weight is 561 g/mol. The van der Waals surface area contributed by atoms with E-state index in [9.17, 15) is 0 Å². The van der Waals surface area contributed by atoms with Crippen LogP contribution in [0.5, 0.6) is 0 Å². The van der Waals surface area contributed by atoms with Crippen molar-refractivity contribution in [1.82, 2.24) is 0 Å². The lowest BCUT2D eigenvalue weighted by atomic mass is 9.59.